The number of benzene rings is 1. The van der Waals surface area contributed by atoms with E-state index in [0.29, 0.717) is 6.04 Å². The summed E-state index contributed by atoms with van der Waals surface area (Å²) in [5, 5.41) is 3.34. The van der Waals surface area contributed by atoms with Gasteiger partial charge in [-0.05, 0) is 67.4 Å². The lowest BCUT2D eigenvalue weighted by molar-refractivity contribution is 0.405. The van der Waals surface area contributed by atoms with Crippen molar-refractivity contribution in [2.75, 3.05) is 14.2 Å². The average molecular weight is 315 g/mol. The van der Waals surface area contributed by atoms with Gasteiger partial charge in [0.25, 0.3) is 0 Å². The maximum absolute atomic E-state index is 6.04. The number of ether oxygens (including phenoxy) is 1. The van der Waals surface area contributed by atoms with Crippen molar-refractivity contribution in [3.05, 3.63) is 28.2 Å². The predicted molar refractivity (Wildman–Crippen MR) is 80.0 cm³/mol. The normalized spacial score (nSPS) is 13.4. The van der Waals surface area contributed by atoms with Gasteiger partial charge in [-0.1, -0.05) is 6.07 Å². The Bertz CT molecular complexity index is 388. The molecule has 0 aliphatic carbocycles. The molecule has 1 rings (SSSR count). The number of hydrogen-bond donors (Lipinski definition) is 2. The molecule has 102 valence electrons. The predicted octanol–water partition coefficient (Wildman–Crippen LogP) is 3.24. The van der Waals surface area contributed by atoms with Crippen LogP contribution in [0.25, 0.3) is 0 Å². The summed E-state index contributed by atoms with van der Waals surface area (Å²) in [5.41, 5.74) is 7.15. The number of hydrogen-bond acceptors (Lipinski definition) is 3. The minimum atomic E-state index is -0.126. The van der Waals surface area contributed by atoms with Crippen LogP contribution in [0.1, 0.15) is 38.3 Å². The van der Waals surface area contributed by atoms with E-state index in [2.05, 4.69) is 47.2 Å². The quantitative estimate of drug-likeness (QED) is 0.847. The minimum Gasteiger partial charge on any atom is -0.496 e. The lowest BCUT2D eigenvalue weighted by Gasteiger charge is -2.23. The number of rotatable bonds is 6. The van der Waals surface area contributed by atoms with Crippen LogP contribution < -0.4 is 15.8 Å². The topological polar surface area (TPSA) is 47.3 Å². The molecule has 0 spiro atoms. The lowest BCUT2D eigenvalue weighted by Crippen LogP contribution is -2.33. The van der Waals surface area contributed by atoms with Crippen molar-refractivity contribution < 1.29 is 4.74 Å². The van der Waals surface area contributed by atoms with Crippen molar-refractivity contribution in [3.63, 3.8) is 0 Å². The largest absolute Gasteiger partial charge is 0.496 e. The highest BCUT2D eigenvalue weighted by Gasteiger charge is 2.16. The highest BCUT2D eigenvalue weighted by atomic mass is 79.9. The first kappa shape index (κ1) is 15.5. The highest BCUT2D eigenvalue weighted by Crippen LogP contribution is 2.30. The molecule has 0 aliphatic heterocycles. The summed E-state index contributed by atoms with van der Waals surface area (Å²) in [6.45, 7) is 4.12. The minimum absolute atomic E-state index is 0.126. The van der Waals surface area contributed by atoms with E-state index in [4.69, 9.17) is 10.5 Å². The van der Waals surface area contributed by atoms with Crippen molar-refractivity contribution in [2.24, 2.45) is 5.73 Å². The van der Waals surface area contributed by atoms with Gasteiger partial charge in [0, 0.05) is 11.6 Å². The van der Waals surface area contributed by atoms with Gasteiger partial charge in [0.1, 0.15) is 5.75 Å². The van der Waals surface area contributed by atoms with Gasteiger partial charge in [0.15, 0.2) is 0 Å². The second-order valence-corrected chi connectivity index (χ2v) is 6.12. The van der Waals surface area contributed by atoms with Gasteiger partial charge in [-0.15, -0.1) is 0 Å². The van der Waals surface area contributed by atoms with Crippen LogP contribution in [0.3, 0.4) is 0 Å². The zero-order valence-electron chi connectivity index (χ0n) is 11.6. The molecule has 0 saturated heterocycles. The van der Waals surface area contributed by atoms with E-state index < -0.39 is 0 Å². The summed E-state index contributed by atoms with van der Waals surface area (Å²) in [5.74, 6) is 0.854. The van der Waals surface area contributed by atoms with Crippen LogP contribution in [0.5, 0.6) is 5.75 Å². The van der Waals surface area contributed by atoms with E-state index in [9.17, 15) is 0 Å². The van der Waals surface area contributed by atoms with Crippen LogP contribution in [0.2, 0.25) is 0 Å². The third kappa shape index (κ3) is 4.59. The monoisotopic (exact) mass is 314 g/mol. The molecular weight excluding hydrogens is 292 g/mol. The molecular formula is C14H23BrN2O. The van der Waals surface area contributed by atoms with Crippen LogP contribution >= 0.6 is 15.9 Å². The van der Waals surface area contributed by atoms with E-state index in [0.717, 1.165) is 23.1 Å². The number of nitrogens with one attached hydrogen (secondary N) is 1. The Kier molecular flexibility index (Phi) is 5.63. The number of nitrogens with two attached hydrogens (primary N) is 1. The molecule has 1 atom stereocenters. The Morgan fingerprint density at radius 1 is 1.44 bits per heavy atom. The third-order valence-corrected chi connectivity index (χ3v) is 3.62. The van der Waals surface area contributed by atoms with Gasteiger partial charge in [-0.2, -0.15) is 0 Å². The SMILES string of the molecule is CNC(CCC(C)(C)N)c1ccc(OC)c(Br)c1. The van der Waals surface area contributed by atoms with Gasteiger partial charge in [0.05, 0.1) is 11.6 Å². The summed E-state index contributed by atoms with van der Waals surface area (Å²) in [6.07, 6.45) is 1.99. The van der Waals surface area contributed by atoms with E-state index in [1.54, 1.807) is 7.11 Å². The Balaban J connectivity index is 2.79. The average Bonchev–Trinajstić information content (AvgIpc) is 2.28. The maximum atomic E-state index is 6.04. The van der Waals surface area contributed by atoms with Gasteiger partial charge in [0.2, 0.25) is 0 Å². The van der Waals surface area contributed by atoms with Gasteiger partial charge < -0.3 is 15.8 Å². The maximum Gasteiger partial charge on any atom is 0.133 e. The Morgan fingerprint density at radius 2 is 2.11 bits per heavy atom. The summed E-state index contributed by atoms with van der Waals surface area (Å²) in [7, 11) is 3.65. The molecule has 0 amide bonds. The van der Waals surface area contributed by atoms with E-state index in [1.165, 1.54) is 5.56 Å². The van der Waals surface area contributed by atoms with E-state index in [-0.39, 0.29) is 5.54 Å². The molecule has 0 heterocycles. The van der Waals surface area contributed by atoms with Gasteiger partial charge in [-0.3, -0.25) is 0 Å². The molecule has 1 aromatic carbocycles. The fourth-order valence-corrected chi connectivity index (χ4v) is 2.45. The third-order valence-electron chi connectivity index (χ3n) is 3.00. The molecule has 0 saturated carbocycles. The fraction of sp³-hybridized carbons (Fsp3) is 0.571. The Morgan fingerprint density at radius 3 is 2.56 bits per heavy atom. The summed E-state index contributed by atoms with van der Waals surface area (Å²) < 4.78 is 6.22. The molecule has 0 aliphatic rings. The van der Waals surface area contributed by atoms with Crippen molar-refractivity contribution in [3.8, 4) is 5.75 Å². The van der Waals surface area contributed by atoms with Gasteiger partial charge in [-0.25, -0.2) is 0 Å². The van der Waals surface area contributed by atoms with Crippen LogP contribution in [-0.2, 0) is 0 Å². The molecule has 3 N–H and O–H groups in total. The summed E-state index contributed by atoms with van der Waals surface area (Å²) in [6, 6.07) is 6.49. The molecule has 3 nitrogen and oxygen atoms in total. The van der Waals surface area contributed by atoms with Crippen molar-refractivity contribution in [1.29, 1.82) is 0 Å². The molecule has 0 aromatic heterocycles. The van der Waals surface area contributed by atoms with Crippen molar-refractivity contribution in [2.45, 2.75) is 38.3 Å². The molecule has 0 radical (unpaired) electrons. The van der Waals surface area contributed by atoms with Crippen LogP contribution in [0.4, 0.5) is 0 Å². The van der Waals surface area contributed by atoms with E-state index in [1.807, 2.05) is 13.1 Å². The van der Waals surface area contributed by atoms with Crippen molar-refractivity contribution >= 4 is 15.9 Å². The first-order valence-corrected chi connectivity index (χ1v) is 6.96. The molecule has 4 heteroatoms. The number of halogens is 1. The zero-order chi connectivity index (χ0) is 13.8. The molecule has 18 heavy (non-hydrogen) atoms. The highest BCUT2D eigenvalue weighted by molar-refractivity contribution is 9.10. The molecule has 0 fully saturated rings. The molecule has 1 unspecified atom stereocenters. The first-order chi connectivity index (χ1) is 8.37. The number of methoxy groups -OCH3 is 1. The fourth-order valence-electron chi connectivity index (χ4n) is 1.89. The van der Waals surface area contributed by atoms with Crippen LogP contribution in [0.15, 0.2) is 22.7 Å². The molecule has 0 bridgehead atoms. The zero-order valence-corrected chi connectivity index (χ0v) is 13.2. The van der Waals surface area contributed by atoms with Crippen LogP contribution in [0, 0.1) is 0 Å². The molecule has 1 aromatic rings. The smallest absolute Gasteiger partial charge is 0.133 e. The second kappa shape index (κ2) is 6.55. The lowest BCUT2D eigenvalue weighted by atomic mass is 9.93. The second-order valence-electron chi connectivity index (χ2n) is 5.26. The Labute approximate surface area is 118 Å². The van der Waals surface area contributed by atoms with Crippen molar-refractivity contribution in [1.82, 2.24) is 5.32 Å². The Hall–Kier alpha value is -0.580. The first-order valence-electron chi connectivity index (χ1n) is 6.17. The van der Waals surface area contributed by atoms with E-state index >= 15 is 0 Å². The van der Waals surface area contributed by atoms with Crippen LogP contribution in [-0.4, -0.2) is 19.7 Å². The van der Waals surface area contributed by atoms with Gasteiger partial charge >= 0.3 is 0 Å². The summed E-state index contributed by atoms with van der Waals surface area (Å²) >= 11 is 3.52. The standard InChI is InChI=1S/C14H23BrN2O/c1-14(2,16)8-7-12(17-3)10-5-6-13(18-4)11(15)9-10/h5-6,9,12,17H,7-8,16H2,1-4H3. The summed E-state index contributed by atoms with van der Waals surface area (Å²) in [4.78, 5) is 0.